The molecule has 0 radical (unpaired) electrons. The lowest BCUT2D eigenvalue weighted by Gasteiger charge is -2.29. The number of aliphatic hydroxyl groups excluding tert-OH is 1. The van der Waals surface area contributed by atoms with Gasteiger partial charge in [-0.25, -0.2) is 0 Å². The molecule has 2 rings (SSSR count). The van der Waals surface area contributed by atoms with Crippen LogP contribution in [0.5, 0.6) is 0 Å². The molecule has 1 unspecified atom stereocenters. The zero-order chi connectivity index (χ0) is 12.3. The topological polar surface area (TPSA) is 23.5 Å². The number of hydrogen-bond acceptors (Lipinski definition) is 2. The zero-order valence-electron chi connectivity index (χ0n) is 10.3. The van der Waals surface area contributed by atoms with Crippen molar-refractivity contribution in [3.05, 3.63) is 33.8 Å². The molecule has 1 aliphatic heterocycles. The van der Waals surface area contributed by atoms with Crippen LogP contribution in [-0.4, -0.2) is 29.7 Å². The van der Waals surface area contributed by atoms with Gasteiger partial charge in [-0.1, -0.05) is 28.1 Å². The summed E-state index contributed by atoms with van der Waals surface area (Å²) in [5, 5.41) is 9.28. The maximum atomic E-state index is 9.28. The van der Waals surface area contributed by atoms with Crippen molar-refractivity contribution in [2.24, 2.45) is 0 Å². The summed E-state index contributed by atoms with van der Waals surface area (Å²) in [4.78, 5) is 2.50. The number of halogens is 1. The van der Waals surface area contributed by atoms with E-state index in [0.717, 1.165) is 24.0 Å². The third-order valence-corrected chi connectivity index (χ3v) is 4.51. The van der Waals surface area contributed by atoms with Gasteiger partial charge in [0.25, 0.3) is 0 Å². The Kier molecular flexibility index (Phi) is 4.60. The van der Waals surface area contributed by atoms with Crippen molar-refractivity contribution in [3.63, 3.8) is 0 Å². The Hall–Kier alpha value is -0.380. The summed E-state index contributed by atoms with van der Waals surface area (Å²) in [5.41, 5.74) is 2.66. The normalized spacial score (nSPS) is 18.5. The number of likely N-dealkylation sites (tertiary alicyclic amines) is 1. The van der Waals surface area contributed by atoms with Crippen LogP contribution in [-0.2, 0) is 0 Å². The average Bonchev–Trinajstić information content (AvgIpc) is 2.84. The van der Waals surface area contributed by atoms with Gasteiger partial charge in [0.2, 0.25) is 0 Å². The highest BCUT2D eigenvalue weighted by Crippen LogP contribution is 2.32. The van der Waals surface area contributed by atoms with Crippen LogP contribution >= 0.6 is 15.9 Å². The van der Waals surface area contributed by atoms with E-state index in [9.17, 15) is 5.11 Å². The number of benzene rings is 1. The molecule has 1 aromatic carbocycles. The Labute approximate surface area is 112 Å². The van der Waals surface area contributed by atoms with Crippen molar-refractivity contribution >= 4 is 15.9 Å². The highest BCUT2D eigenvalue weighted by Gasteiger charge is 2.24. The SMILES string of the molecule is Cc1c(Br)cccc1C(CCO)N1CCCC1. The summed E-state index contributed by atoms with van der Waals surface area (Å²) in [5.74, 6) is 0. The summed E-state index contributed by atoms with van der Waals surface area (Å²) in [6.45, 7) is 4.74. The van der Waals surface area contributed by atoms with Crippen LogP contribution in [0.4, 0.5) is 0 Å². The van der Waals surface area contributed by atoms with E-state index in [1.165, 1.54) is 24.0 Å². The van der Waals surface area contributed by atoms with E-state index in [1.54, 1.807) is 0 Å². The zero-order valence-corrected chi connectivity index (χ0v) is 11.9. The Balaban J connectivity index is 2.27. The first-order valence-electron chi connectivity index (χ1n) is 6.34. The minimum Gasteiger partial charge on any atom is -0.396 e. The molecule has 1 aliphatic rings. The first-order chi connectivity index (χ1) is 8.24. The Morgan fingerprint density at radius 2 is 2.06 bits per heavy atom. The Bertz CT molecular complexity index is 374. The Morgan fingerprint density at radius 1 is 1.35 bits per heavy atom. The van der Waals surface area contributed by atoms with Crippen molar-refractivity contribution in [1.29, 1.82) is 0 Å². The minimum atomic E-state index is 0.257. The fraction of sp³-hybridized carbons (Fsp3) is 0.571. The van der Waals surface area contributed by atoms with Crippen molar-refractivity contribution in [3.8, 4) is 0 Å². The molecule has 0 spiro atoms. The summed E-state index contributed by atoms with van der Waals surface area (Å²) < 4.78 is 1.16. The van der Waals surface area contributed by atoms with E-state index >= 15 is 0 Å². The number of rotatable bonds is 4. The molecule has 0 aromatic heterocycles. The second-order valence-electron chi connectivity index (χ2n) is 4.73. The fourth-order valence-corrected chi connectivity index (χ4v) is 3.08. The van der Waals surface area contributed by atoms with E-state index < -0.39 is 0 Å². The molecular weight excluding hydrogens is 278 g/mol. The van der Waals surface area contributed by atoms with Gasteiger partial charge in [0.05, 0.1) is 0 Å². The van der Waals surface area contributed by atoms with E-state index in [-0.39, 0.29) is 6.61 Å². The second kappa shape index (κ2) is 5.98. The maximum Gasteiger partial charge on any atom is 0.0449 e. The van der Waals surface area contributed by atoms with Crippen molar-refractivity contribution < 1.29 is 5.11 Å². The van der Waals surface area contributed by atoms with Crippen LogP contribution in [0.3, 0.4) is 0 Å². The molecule has 94 valence electrons. The molecule has 0 amide bonds. The second-order valence-corrected chi connectivity index (χ2v) is 5.58. The molecule has 0 aliphatic carbocycles. The van der Waals surface area contributed by atoms with Gasteiger partial charge in [0.1, 0.15) is 0 Å². The van der Waals surface area contributed by atoms with Crippen LogP contribution in [0.1, 0.15) is 36.4 Å². The third-order valence-electron chi connectivity index (χ3n) is 3.65. The molecule has 0 bridgehead atoms. The van der Waals surface area contributed by atoms with Crippen LogP contribution in [0.15, 0.2) is 22.7 Å². The molecule has 1 heterocycles. The standard InChI is InChI=1S/C14H20BrNO/c1-11-12(5-4-6-13(11)15)14(7-10-17)16-8-2-3-9-16/h4-6,14,17H,2-3,7-10H2,1H3. The van der Waals surface area contributed by atoms with Crippen LogP contribution < -0.4 is 0 Å². The molecule has 1 atom stereocenters. The molecular formula is C14H20BrNO. The molecule has 1 fully saturated rings. The number of nitrogens with zero attached hydrogens (tertiary/aromatic N) is 1. The molecule has 1 N–H and O–H groups in total. The highest BCUT2D eigenvalue weighted by atomic mass is 79.9. The number of aliphatic hydroxyl groups is 1. The summed E-state index contributed by atoms with van der Waals surface area (Å²) in [7, 11) is 0. The highest BCUT2D eigenvalue weighted by molar-refractivity contribution is 9.10. The molecule has 3 heteroatoms. The first-order valence-corrected chi connectivity index (χ1v) is 7.13. The molecule has 0 saturated carbocycles. The molecule has 1 saturated heterocycles. The maximum absolute atomic E-state index is 9.28. The first kappa shape index (κ1) is 13.1. The molecule has 2 nitrogen and oxygen atoms in total. The van der Waals surface area contributed by atoms with Gasteiger partial charge in [-0.15, -0.1) is 0 Å². The van der Waals surface area contributed by atoms with E-state index in [2.05, 4.69) is 46.0 Å². The van der Waals surface area contributed by atoms with Gasteiger partial charge in [-0.05, 0) is 56.5 Å². The quantitative estimate of drug-likeness (QED) is 0.922. The summed E-state index contributed by atoms with van der Waals surface area (Å²) >= 11 is 3.59. The fourth-order valence-electron chi connectivity index (χ4n) is 2.70. The number of hydrogen-bond donors (Lipinski definition) is 1. The van der Waals surface area contributed by atoms with E-state index in [1.807, 2.05) is 0 Å². The molecule has 1 aromatic rings. The lowest BCUT2D eigenvalue weighted by Crippen LogP contribution is -2.27. The smallest absolute Gasteiger partial charge is 0.0449 e. The van der Waals surface area contributed by atoms with Gasteiger partial charge in [-0.3, -0.25) is 4.90 Å². The van der Waals surface area contributed by atoms with Gasteiger partial charge in [0, 0.05) is 17.1 Å². The van der Waals surface area contributed by atoms with Gasteiger partial charge in [0.15, 0.2) is 0 Å². The van der Waals surface area contributed by atoms with Crippen molar-refractivity contribution in [1.82, 2.24) is 4.90 Å². The lowest BCUT2D eigenvalue weighted by atomic mass is 9.98. The van der Waals surface area contributed by atoms with Crippen molar-refractivity contribution in [2.45, 2.75) is 32.2 Å². The largest absolute Gasteiger partial charge is 0.396 e. The van der Waals surface area contributed by atoms with Crippen LogP contribution in [0.2, 0.25) is 0 Å². The summed E-state index contributed by atoms with van der Waals surface area (Å²) in [6, 6.07) is 6.74. The predicted octanol–water partition coefficient (Wildman–Crippen LogP) is 3.28. The monoisotopic (exact) mass is 297 g/mol. The predicted molar refractivity (Wildman–Crippen MR) is 74.1 cm³/mol. The Morgan fingerprint density at radius 3 is 2.71 bits per heavy atom. The van der Waals surface area contributed by atoms with Crippen molar-refractivity contribution in [2.75, 3.05) is 19.7 Å². The van der Waals surface area contributed by atoms with Gasteiger partial charge in [-0.2, -0.15) is 0 Å². The lowest BCUT2D eigenvalue weighted by molar-refractivity contribution is 0.185. The summed E-state index contributed by atoms with van der Waals surface area (Å²) in [6.07, 6.45) is 3.40. The van der Waals surface area contributed by atoms with E-state index in [4.69, 9.17) is 0 Å². The van der Waals surface area contributed by atoms with Gasteiger partial charge >= 0.3 is 0 Å². The minimum absolute atomic E-state index is 0.257. The van der Waals surface area contributed by atoms with E-state index in [0.29, 0.717) is 6.04 Å². The van der Waals surface area contributed by atoms with Gasteiger partial charge < -0.3 is 5.11 Å². The third kappa shape index (κ3) is 2.90. The molecule has 17 heavy (non-hydrogen) atoms. The van der Waals surface area contributed by atoms with Crippen LogP contribution in [0, 0.1) is 6.92 Å². The average molecular weight is 298 g/mol. The van der Waals surface area contributed by atoms with Crippen LogP contribution in [0.25, 0.3) is 0 Å².